The number of anilines is 1. The van der Waals surface area contributed by atoms with Crippen LogP contribution in [0.4, 0.5) is 5.82 Å². The molecule has 1 aromatic heterocycles. The maximum absolute atomic E-state index is 10.1. The average molecular weight is 215 g/mol. The topological polar surface area (TPSA) is 59.1 Å². The Morgan fingerprint density at radius 1 is 1.64 bits per heavy atom. The first-order valence-corrected chi connectivity index (χ1v) is 4.99. The van der Waals surface area contributed by atoms with Crippen LogP contribution in [0, 0.1) is 0 Å². The smallest absolute Gasteiger partial charge is 0.129 e. The van der Waals surface area contributed by atoms with Gasteiger partial charge in [-0.1, -0.05) is 24.9 Å². The first-order valence-electron chi connectivity index (χ1n) is 4.61. The first-order chi connectivity index (χ1) is 6.47. The van der Waals surface area contributed by atoms with Gasteiger partial charge in [0, 0.05) is 11.8 Å². The predicted molar refractivity (Wildman–Crippen MR) is 58.1 cm³/mol. The summed E-state index contributed by atoms with van der Waals surface area (Å²) in [7, 11) is 0. The van der Waals surface area contributed by atoms with Crippen LogP contribution in [0.1, 0.15) is 32.3 Å². The van der Waals surface area contributed by atoms with E-state index >= 15 is 0 Å². The molecule has 0 saturated carbocycles. The van der Waals surface area contributed by atoms with Gasteiger partial charge in [-0.25, -0.2) is 4.98 Å². The lowest BCUT2D eigenvalue weighted by Crippen LogP contribution is -2.22. The van der Waals surface area contributed by atoms with Crippen molar-refractivity contribution in [3.8, 4) is 0 Å². The number of pyridine rings is 1. The molecule has 1 atom stereocenters. The number of nitrogens with two attached hydrogens (primary N) is 1. The second-order valence-corrected chi connectivity index (χ2v) is 4.05. The first kappa shape index (κ1) is 11.3. The van der Waals surface area contributed by atoms with Gasteiger partial charge < -0.3 is 10.8 Å². The third-order valence-electron chi connectivity index (χ3n) is 2.20. The van der Waals surface area contributed by atoms with E-state index in [4.69, 9.17) is 17.3 Å². The van der Waals surface area contributed by atoms with Crippen molar-refractivity contribution < 1.29 is 5.11 Å². The Hall–Kier alpha value is -0.800. The predicted octanol–water partition coefficient (Wildman–Crippen LogP) is 2.32. The summed E-state index contributed by atoms with van der Waals surface area (Å²) in [5, 5.41) is 10.6. The monoisotopic (exact) mass is 214 g/mol. The number of aliphatic hydroxyl groups is 1. The normalized spacial score (nSPS) is 15.1. The maximum atomic E-state index is 10.1. The lowest BCUT2D eigenvalue weighted by Gasteiger charge is -2.24. The highest BCUT2D eigenvalue weighted by atomic mass is 35.5. The van der Waals surface area contributed by atoms with Gasteiger partial charge in [0.1, 0.15) is 5.82 Å². The van der Waals surface area contributed by atoms with E-state index in [0.717, 1.165) is 6.42 Å². The van der Waals surface area contributed by atoms with E-state index in [1.165, 1.54) is 6.20 Å². The molecule has 1 heterocycles. The Labute approximate surface area is 88.9 Å². The molecule has 4 heteroatoms. The van der Waals surface area contributed by atoms with Crippen molar-refractivity contribution in [1.82, 2.24) is 4.98 Å². The Bertz CT molecular complexity index is 326. The number of rotatable bonds is 3. The van der Waals surface area contributed by atoms with Crippen LogP contribution in [0.25, 0.3) is 0 Å². The van der Waals surface area contributed by atoms with Gasteiger partial charge in [0.15, 0.2) is 0 Å². The molecule has 78 valence electrons. The third-order valence-corrected chi connectivity index (χ3v) is 2.41. The summed E-state index contributed by atoms with van der Waals surface area (Å²) in [6, 6.07) is 1.67. The summed E-state index contributed by atoms with van der Waals surface area (Å²) in [5.41, 5.74) is 5.33. The van der Waals surface area contributed by atoms with Crippen LogP contribution in [0.3, 0.4) is 0 Å². The summed E-state index contributed by atoms with van der Waals surface area (Å²) in [6.45, 7) is 3.73. The molecule has 1 aromatic rings. The van der Waals surface area contributed by atoms with E-state index in [1.807, 2.05) is 6.92 Å². The molecule has 14 heavy (non-hydrogen) atoms. The van der Waals surface area contributed by atoms with E-state index < -0.39 is 5.60 Å². The summed E-state index contributed by atoms with van der Waals surface area (Å²) in [4.78, 5) is 3.91. The van der Waals surface area contributed by atoms with E-state index in [9.17, 15) is 5.11 Å². The van der Waals surface area contributed by atoms with Crippen molar-refractivity contribution in [3.05, 3.63) is 22.8 Å². The summed E-state index contributed by atoms with van der Waals surface area (Å²) < 4.78 is 0. The quantitative estimate of drug-likeness (QED) is 0.812. The second kappa shape index (κ2) is 4.15. The molecule has 1 rings (SSSR count). The molecular formula is C10H15ClN2O. The summed E-state index contributed by atoms with van der Waals surface area (Å²) >= 11 is 5.79. The Kier molecular flexibility index (Phi) is 3.34. The highest BCUT2D eigenvalue weighted by Gasteiger charge is 2.25. The van der Waals surface area contributed by atoms with Gasteiger partial charge in [-0.3, -0.25) is 0 Å². The molecule has 0 amide bonds. The number of nitrogens with zero attached hydrogens (tertiary/aromatic N) is 1. The number of aromatic nitrogens is 1. The fourth-order valence-electron chi connectivity index (χ4n) is 1.50. The molecular weight excluding hydrogens is 200 g/mol. The van der Waals surface area contributed by atoms with Crippen molar-refractivity contribution in [1.29, 1.82) is 0 Å². The minimum absolute atomic E-state index is 0.341. The molecule has 0 aliphatic rings. The zero-order valence-corrected chi connectivity index (χ0v) is 9.17. The Morgan fingerprint density at radius 2 is 2.29 bits per heavy atom. The average Bonchev–Trinajstić information content (AvgIpc) is 2.09. The molecule has 0 saturated heterocycles. The molecule has 0 bridgehead atoms. The molecule has 0 aliphatic carbocycles. The summed E-state index contributed by atoms with van der Waals surface area (Å²) in [5.74, 6) is 0.341. The van der Waals surface area contributed by atoms with Crippen molar-refractivity contribution >= 4 is 17.4 Å². The van der Waals surface area contributed by atoms with Crippen LogP contribution in [-0.4, -0.2) is 10.1 Å². The minimum Gasteiger partial charge on any atom is -0.385 e. The molecule has 0 aliphatic heterocycles. The zero-order chi connectivity index (χ0) is 10.8. The van der Waals surface area contributed by atoms with Crippen molar-refractivity contribution in [2.75, 3.05) is 5.73 Å². The SMILES string of the molecule is CCCC(C)(O)c1cc(Cl)cnc1N. The molecule has 3 nitrogen and oxygen atoms in total. The maximum Gasteiger partial charge on any atom is 0.129 e. The number of halogens is 1. The Balaban J connectivity index is 3.10. The van der Waals surface area contributed by atoms with Gasteiger partial charge in [0.05, 0.1) is 10.6 Å². The zero-order valence-electron chi connectivity index (χ0n) is 8.42. The van der Waals surface area contributed by atoms with Crippen LogP contribution >= 0.6 is 11.6 Å². The van der Waals surface area contributed by atoms with Crippen molar-refractivity contribution in [2.45, 2.75) is 32.3 Å². The molecule has 0 aromatic carbocycles. The standard InChI is InChI=1S/C10H15ClN2O/c1-3-4-10(2,14)8-5-7(11)6-13-9(8)12/h5-6,14H,3-4H2,1-2H3,(H2,12,13). The van der Waals surface area contributed by atoms with Gasteiger partial charge in [-0.05, 0) is 19.4 Å². The van der Waals surface area contributed by atoms with Crippen LogP contribution in [0.15, 0.2) is 12.3 Å². The van der Waals surface area contributed by atoms with Gasteiger partial charge >= 0.3 is 0 Å². The lowest BCUT2D eigenvalue weighted by molar-refractivity contribution is 0.0475. The minimum atomic E-state index is -0.948. The van der Waals surface area contributed by atoms with Gasteiger partial charge in [-0.15, -0.1) is 0 Å². The van der Waals surface area contributed by atoms with Crippen LogP contribution in [-0.2, 0) is 5.60 Å². The molecule has 3 N–H and O–H groups in total. The fraction of sp³-hybridized carbons (Fsp3) is 0.500. The number of hydrogen-bond acceptors (Lipinski definition) is 3. The molecule has 1 unspecified atom stereocenters. The highest BCUT2D eigenvalue weighted by molar-refractivity contribution is 6.30. The summed E-state index contributed by atoms with van der Waals surface area (Å²) in [6.07, 6.45) is 2.99. The number of hydrogen-bond donors (Lipinski definition) is 2. The second-order valence-electron chi connectivity index (χ2n) is 3.61. The van der Waals surface area contributed by atoms with Gasteiger partial charge in [0.25, 0.3) is 0 Å². The third kappa shape index (κ3) is 2.36. The number of nitrogen functional groups attached to an aromatic ring is 1. The van der Waals surface area contributed by atoms with Gasteiger partial charge in [0.2, 0.25) is 0 Å². The van der Waals surface area contributed by atoms with Crippen LogP contribution < -0.4 is 5.73 Å². The van der Waals surface area contributed by atoms with E-state index in [1.54, 1.807) is 13.0 Å². The molecule has 0 fully saturated rings. The van der Waals surface area contributed by atoms with Gasteiger partial charge in [-0.2, -0.15) is 0 Å². The molecule has 0 spiro atoms. The fourth-order valence-corrected chi connectivity index (χ4v) is 1.66. The van der Waals surface area contributed by atoms with E-state index in [0.29, 0.717) is 22.8 Å². The van der Waals surface area contributed by atoms with Crippen LogP contribution in [0.2, 0.25) is 5.02 Å². The molecule has 0 radical (unpaired) electrons. The largest absolute Gasteiger partial charge is 0.385 e. The lowest BCUT2D eigenvalue weighted by atomic mass is 9.92. The Morgan fingerprint density at radius 3 is 2.86 bits per heavy atom. The van der Waals surface area contributed by atoms with E-state index in [-0.39, 0.29) is 0 Å². The van der Waals surface area contributed by atoms with Crippen molar-refractivity contribution in [2.24, 2.45) is 0 Å². The highest BCUT2D eigenvalue weighted by Crippen LogP contribution is 2.30. The van der Waals surface area contributed by atoms with Crippen molar-refractivity contribution in [3.63, 3.8) is 0 Å². The van der Waals surface area contributed by atoms with Crippen LogP contribution in [0.5, 0.6) is 0 Å². The van der Waals surface area contributed by atoms with E-state index in [2.05, 4.69) is 4.98 Å².